The Morgan fingerprint density at radius 1 is 1.25 bits per heavy atom. The first kappa shape index (κ1) is 22.8. The van der Waals surface area contributed by atoms with Gasteiger partial charge >= 0.3 is 0 Å². The molecule has 0 N–H and O–H groups in total. The third-order valence-electron chi connectivity index (χ3n) is 5.57. The molecule has 170 valence electrons. The molecular formula is C23H25FN2O4S2. The summed E-state index contributed by atoms with van der Waals surface area (Å²) in [4.78, 5) is 19.5. The number of sulfone groups is 1. The van der Waals surface area contributed by atoms with Crippen LogP contribution >= 0.6 is 11.3 Å². The highest BCUT2D eigenvalue weighted by Crippen LogP contribution is 2.32. The number of ether oxygens (including phenoxy) is 1. The number of rotatable bonds is 8. The third kappa shape index (κ3) is 5.00. The van der Waals surface area contributed by atoms with Gasteiger partial charge in [-0.1, -0.05) is 30.4 Å². The first-order chi connectivity index (χ1) is 15.4. The second-order valence-corrected chi connectivity index (χ2v) is 10.9. The van der Waals surface area contributed by atoms with Gasteiger partial charge in [0.2, 0.25) is 5.91 Å². The van der Waals surface area contributed by atoms with Crippen LogP contribution in [0.2, 0.25) is 0 Å². The van der Waals surface area contributed by atoms with Crippen LogP contribution in [-0.2, 0) is 25.8 Å². The second-order valence-electron chi connectivity index (χ2n) is 7.78. The molecule has 0 radical (unpaired) electrons. The van der Waals surface area contributed by atoms with Crippen molar-refractivity contribution >= 4 is 42.4 Å². The van der Waals surface area contributed by atoms with Crippen LogP contribution in [0.4, 0.5) is 9.52 Å². The van der Waals surface area contributed by atoms with Crippen LogP contribution < -0.4 is 4.90 Å². The maximum Gasteiger partial charge on any atom is 0.229 e. The molecule has 4 rings (SSSR count). The summed E-state index contributed by atoms with van der Waals surface area (Å²) in [6, 6.07) is 10.6. The molecule has 2 aromatic carbocycles. The van der Waals surface area contributed by atoms with Gasteiger partial charge in [-0.3, -0.25) is 9.69 Å². The molecule has 6 nitrogen and oxygen atoms in total. The number of thiazole rings is 1. The van der Waals surface area contributed by atoms with Gasteiger partial charge in [-0.25, -0.2) is 17.8 Å². The monoisotopic (exact) mass is 476 g/mol. The van der Waals surface area contributed by atoms with Crippen LogP contribution in [0.5, 0.6) is 0 Å². The maximum atomic E-state index is 13.2. The third-order valence-corrected chi connectivity index (χ3v) is 8.35. The van der Waals surface area contributed by atoms with Crippen molar-refractivity contribution in [2.75, 3.05) is 23.8 Å². The Kier molecular flexibility index (Phi) is 6.88. The standard InChI is InChI=1S/C23H25FN2O4S2/c1-2-16-5-3-7-20-22(16)25-23(31-20)26(15-18-6-4-13-30-18)21(27)12-14-32(28,29)19-10-8-17(24)9-11-19/h3,5,7-11,18H,2,4,6,12-15H2,1H3. The minimum Gasteiger partial charge on any atom is -0.376 e. The van der Waals surface area contributed by atoms with Crippen molar-refractivity contribution in [3.05, 3.63) is 53.8 Å². The molecular weight excluding hydrogens is 451 g/mol. The summed E-state index contributed by atoms with van der Waals surface area (Å²) >= 11 is 1.43. The second kappa shape index (κ2) is 9.64. The van der Waals surface area contributed by atoms with E-state index in [4.69, 9.17) is 9.72 Å². The van der Waals surface area contributed by atoms with Gasteiger partial charge in [-0.15, -0.1) is 0 Å². The van der Waals surface area contributed by atoms with Crippen LogP contribution in [0.1, 0.15) is 31.7 Å². The van der Waals surface area contributed by atoms with Gasteiger partial charge in [-0.2, -0.15) is 0 Å². The summed E-state index contributed by atoms with van der Waals surface area (Å²) in [5.74, 6) is -1.18. The average molecular weight is 477 g/mol. The van der Waals surface area contributed by atoms with Crippen molar-refractivity contribution in [2.24, 2.45) is 0 Å². The van der Waals surface area contributed by atoms with E-state index >= 15 is 0 Å². The number of hydrogen-bond donors (Lipinski definition) is 0. The van der Waals surface area contributed by atoms with Gasteiger partial charge in [0, 0.05) is 13.0 Å². The Morgan fingerprint density at radius 2 is 2.03 bits per heavy atom. The summed E-state index contributed by atoms with van der Waals surface area (Å²) in [6.45, 7) is 3.06. The van der Waals surface area contributed by atoms with Crippen molar-refractivity contribution < 1.29 is 22.3 Å². The van der Waals surface area contributed by atoms with Crippen LogP contribution in [0.15, 0.2) is 47.4 Å². The lowest BCUT2D eigenvalue weighted by Crippen LogP contribution is -2.38. The highest BCUT2D eigenvalue weighted by molar-refractivity contribution is 7.91. The quantitative estimate of drug-likeness (QED) is 0.451. The van der Waals surface area contributed by atoms with Gasteiger partial charge in [0.1, 0.15) is 5.82 Å². The first-order valence-electron chi connectivity index (χ1n) is 10.7. The fourth-order valence-corrected chi connectivity index (χ4v) is 6.06. The Hall–Kier alpha value is -2.36. The minimum atomic E-state index is -3.71. The van der Waals surface area contributed by atoms with E-state index in [1.807, 2.05) is 18.2 Å². The van der Waals surface area contributed by atoms with Gasteiger partial charge in [-0.05, 0) is 55.2 Å². The number of aryl methyl sites for hydroxylation is 1. The summed E-state index contributed by atoms with van der Waals surface area (Å²) < 4.78 is 45.2. The van der Waals surface area contributed by atoms with E-state index < -0.39 is 15.7 Å². The SMILES string of the molecule is CCc1cccc2sc(N(CC3CCCO3)C(=O)CCS(=O)(=O)c3ccc(F)cc3)nc12. The normalized spacial score (nSPS) is 16.5. The van der Waals surface area contributed by atoms with E-state index in [2.05, 4.69) is 6.92 Å². The van der Waals surface area contributed by atoms with Crippen molar-refractivity contribution in [1.82, 2.24) is 4.98 Å². The van der Waals surface area contributed by atoms with Crippen LogP contribution in [0, 0.1) is 5.82 Å². The lowest BCUT2D eigenvalue weighted by molar-refractivity contribution is -0.118. The number of aromatic nitrogens is 1. The smallest absolute Gasteiger partial charge is 0.229 e. The summed E-state index contributed by atoms with van der Waals surface area (Å²) in [5.41, 5.74) is 1.98. The number of para-hydroxylation sites is 1. The lowest BCUT2D eigenvalue weighted by atomic mass is 10.1. The van der Waals surface area contributed by atoms with E-state index in [0.717, 1.165) is 47.2 Å². The van der Waals surface area contributed by atoms with Crippen molar-refractivity contribution in [3.63, 3.8) is 0 Å². The number of benzene rings is 2. The first-order valence-corrected chi connectivity index (χ1v) is 13.1. The van der Waals surface area contributed by atoms with Crippen molar-refractivity contribution in [3.8, 4) is 0 Å². The molecule has 1 amide bonds. The maximum absolute atomic E-state index is 13.2. The molecule has 32 heavy (non-hydrogen) atoms. The molecule has 1 aromatic heterocycles. The van der Waals surface area contributed by atoms with E-state index in [1.165, 1.54) is 23.5 Å². The number of halogens is 1. The highest BCUT2D eigenvalue weighted by atomic mass is 32.2. The van der Waals surface area contributed by atoms with Gasteiger partial charge in [0.15, 0.2) is 15.0 Å². The molecule has 0 saturated carbocycles. The molecule has 0 aliphatic carbocycles. The molecule has 3 aromatic rings. The van der Waals surface area contributed by atoms with Gasteiger partial charge < -0.3 is 4.74 Å². The number of hydrogen-bond acceptors (Lipinski definition) is 6. The number of amides is 1. The average Bonchev–Trinajstić information content (AvgIpc) is 3.45. The highest BCUT2D eigenvalue weighted by Gasteiger charge is 2.28. The molecule has 1 unspecified atom stereocenters. The number of carbonyl (C=O) groups is 1. The molecule has 0 spiro atoms. The molecule has 1 aliphatic rings. The van der Waals surface area contributed by atoms with E-state index in [9.17, 15) is 17.6 Å². The molecule has 9 heteroatoms. The lowest BCUT2D eigenvalue weighted by Gasteiger charge is -2.23. The van der Waals surface area contributed by atoms with Gasteiger partial charge in [0.05, 0.1) is 33.5 Å². The number of anilines is 1. The summed E-state index contributed by atoms with van der Waals surface area (Å²) in [6.07, 6.45) is 2.33. The van der Waals surface area contributed by atoms with Crippen molar-refractivity contribution in [1.29, 1.82) is 0 Å². The van der Waals surface area contributed by atoms with Crippen LogP contribution in [-0.4, -0.2) is 44.3 Å². The van der Waals surface area contributed by atoms with Crippen molar-refractivity contribution in [2.45, 2.75) is 43.6 Å². The minimum absolute atomic E-state index is 0.00458. The zero-order valence-corrected chi connectivity index (χ0v) is 19.4. The van der Waals surface area contributed by atoms with E-state index in [-0.39, 0.29) is 29.1 Å². The number of fused-ring (bicyclic) bond motifs is 1. The molecule has 1 saturated heterocycles. The van der Waals surface area contributed by atoms with E-state index in [0.29, 0.717) is 18.3 Å². The predicted octanol–water partition coefficient (Wildman–Crippen LogP) is 4.37. The Balaban J connectivity index is 1.57. The zero-order valence-electron chi connectivity index (χ0n) is 17.8. The van der Waals surface area contributed by atoms with Crippen LogP contribution in [0.25, 0.3) is 10.2 Å². The Morgan fingerprint density at radius 3 is 2.72 bits per heavy atom. The fraction of sp³-hybridized carbons (Fsp3) is 0.391. The van der Waals surface area contributed by atoms with Gasteiger partial charge in [0.25, 0.3) is 0 Å². The fourth-order valence-electron chi connectivity index (χ4n) is 3.79. The predicted molar refractivity (Wildman–Crippen MR) is 123 cm³/mol. The van der Waals surface area contributed by atoms with Crippen LogP contribution in [0.3, 0.4) is 0 Å². The summed E-state index contributed by atoms with van der Waals surface area (Å²) in [7, 11) is -3.71. The molecule has 2 heterocycles. The molecule has 1 atom stereocenters. The Bertz CT molecular complexity index is 1200. The number of carbonyl (C=O) groups excluding carboxylic acids is 1. The zero-order chi connectivity index (χ0) is 22.7. The molecule has 0 bridgehead atoms. The topological polar surface area (TPSA) is 76.6 Å². The van der Waals surface area contributed by atoms with E-state index in [1.54, 1.807) is 4.90 Å². The largest absolute Gasteiger partial charge is 0.376 e. The molecule has 1 aliphatic heterocycles. The molecule has 1 fully saturated rings. The number of nitrogens with zero attached hydrogens (tertiary/aromatic N) is 2. The Labute approximate surface area is 190 Å². The summed E-state index contributed by atoms with van der Waals surface area (Å²) in [5, 5.41) is 0.556.